The highest BCUT2D eigenvalue weighted by Crippen LogP contribution is 2.26. The average Bonchev–Trinajstić information content (AvgIpc) is 2.35. The van der Waals surface area contributed by atoms with Gasteiger partial charge in [-0.15, -0.1) is 0 Å². The van der Waals surface area contributed by atoms with E-state index in [-0.39, 0.29) is 17.6 Å². The molecule has 0 N–H and O–H groups in total. The molecule has 104 valence electrons. The van der Waals surface area contributed by atoms with E-state index in [2.05, 4.69) is 4.90 Å². The molecule has 0 aromatic heterocycles. The first kappa shape index (κ1) is 14.5. The lowest BCUT2D eigenvalue weighted by Crippen LogP contribution is -2.40. The van der Waals surface area contributed by atoms with Crippen molar-refractivity contribution in [1.29, 1.82) is 0 Å². The fraction of sp³-hybridized carbons (Fsp3) is 0.533. The van der Waals surface area contributed by atoms with E-state index in [1.54, 1.807) is 19.1 Å². The van der Waals surface area contributed by atoms with Crippen LogP contribution in [-0.4, -0.2) is 23.3 Å². The number of hydrogen-bond donors (Lipinski definition) is 0. The molecule has 0 spiro atoms. The fourth-order valence-corrected chi connectivity index (χ4v) is 2.94. The number of benzene rings is 1. The molecular formula is C15H19ClFNO. The van der Waals surface area contributed by atoms with Gasteiger partial charge in [-0.05, 0) is 38.4 Å². The summed E-state index contributed by atoms with van der Waals surface area (Å²) in [6, 6.07) is 4.99. The van der Waals surface area contributed by atoms with Gasteiger partial charge in [0.2, 0.25) is 0 Å². The second-order valence-electron chi connectivity index (χ2n) is 5.23. The minimum Gasteiger partial charge on any atom is -0.300 e. The van der Waals surface area contributed by atoms with E-state index >= 15 is 0 Å². The van der Waals surface area contributed by atoms with Gasteiger partial charge in [-0.2, -0.15) is 0 Å². The van der Waals surface area contributed by atoms with Crippen molar-refractivity contribution in [2.45, 2.75) is 45.2 Å². The summed E-state index contributed by atoms with van der Waals surface area (Å²) in [6.07, 6.45) is 3.79. The van der Waals surface area contributed by atoms with Crippen molar-refractivity contribution >= 4 is 17.4 Å². The number of rotatable bonds is 4. The van der Waals surface area contributed by atoms with Crippen molar-refractivity contribution in [3.8, 4) is 0 Å². The first-order valence-corrected chi connectivity index (χ1v) is 7.12. The van der Waals surface area contributed by atoms with Crippen LogP contribution < -0.4 is 0 Å². The van der Waals surface area contributed by atoms with Crippen molar-refractivity contribution < 1.29 is 9.18 Å². The van der Waals surface area contributed by atoms with E-state index in [1.807, 2.05) is 0 Å². The number of nitrogens with zero attached hydrogens (tertiary/aromatic N) is 1. The summed E-state index contributed by atoms with van der Waals surface area (Å²) in [5.41, 5.74) is 0.541. The molecule has 4 heteroatoms. The first-order valence-electron chi connectivity index (χ1n) is 6.74. The van der Waals surface area contributed by atoms with Crippen LogP contribution in [0.5, 0.6) is 0 Å². The van der Waals surface area contributed by atoms with E-state index in [4.69, 9.17) is 11.6 Å². The molecule has 1 aromatic carbocycles. The summed E-state index contributed by atoms with van der Waals surface area (Å²) >= 11 is 6.07. The Labute approximate surface area is 118 Å². The summed E-state index contributed by atoms with van der Waals surface area (Å²) in [5, 5.41) is 0.465. The van der Waals surface area contributed by atoms with Crippen LogP contribution in [0.1, 0.15) is 38.2 Å². The molecule has 1 unspecified atom stereocenters. The van der Waals surface area contributed by atoms with Gasteiger partial charge in [0.05, 0.1) is 0 Å². The van der Waals surface area contributed by atoms with E-state index in [9.17, 15) is 9.18 Å². The number of halogens is 2. The smallest absolute Gasteiger partial charge is 0.131 e. The second kappa shape index (κ2) is 6.49. The molecule has 0 bridgehead atoms. The fourth-order valence-electron chi connectivity index (χ4n) is 2.72. The van der Waals surface area contributed by atoms with Gasteiger partial charge in [0.1, 0.15) is 11.6 Å². The summed E-state index contributed by atoms with van der Waals surface area (Å²) in [7, 11) is 0. The Morgan fingerprint density at radius 3 is 2.95 bits per heavy atom. The Morgan fingerprint density at radius 1 is 1.47 bits per heavy atom. The van der Waals surface area contributed by atoms with Gasteiger partial charge in [0.15, 0.2) is 0 Å². The zero-order valence-corrected chi connectivity index (χ0v) is 11.9. The lowest BCUT2D eigenvalue weighted by Gasteiger charge is -2.35. The molecule has 2 rings (SSSR count). The lowest BCUT2D eigenvalue weighted by molar-refractivity contribution is -0.118. The van der Waals surface area contributed by atoms with Crippen LogP contribution in [0.2, 0.25) is 5.02 Å². The number of piperidine rings is 1. The Hall–Kier alpha value is -0.930. The van der Waals surface area contributed by atoms with E-state index in [0.29, 0.717) is 23.6 Å². The molecule has 2 nitrogen and oxygen atoms in total. The lowest BCUT2D eigenvalue weighted by atomic mass is 9.97. The number of ketones is 1. The second-order valence-corrected chi connectivity index (χ2v) is 5.63. The molecule has 1 saturated heterocycles. The predicted molar refractivity (Wildman–Crippen MR) is 74.8 cm³/mol. The topological polar surface area (TPSA) is 20.3 Å². The van der Waals surface area contributed by atoms with Gasteiger partial charge in [-0.3, -0.25) is 9.69 Å². The molecule has 1 fully saturated rings. The van der Waals surface area contributed by atoms with Crippen molar-refractivity contribution in [3.05, 3.63) is 34.6 Å². The van der Waals surface area contributed by atoms with Crippen LogP contribution in [0.3, 0.4) is 0 Å². The Bertz CT molecular complexity index is 443. The largest absolute Gasteiger partial charge is 0.300 e. The van der Waals surface area contributed by atoms with Crippen LogP contribution in [0.4, 0.5) is 4.39 Å². The zero-order chi connectivity index (χ0) is 13.8. The third kappa shape index (κ3) is 3.77. The Balaban J connectivity index is 2.13. The average molecular weight is 284 g/mol. The molecule has 0 amide bonds. The molecular weight excluding hydrogens is 265 g/mol. The van der Waals surface area contributed by atoms with Gasteiger partial charge >= 0.3 is 0 Å². The molecule has 0 aliphatic carbocycles. The van der Waals surface area contributed by atoms with E-state index in [1.165, 1.54) is 6.07 Å². The third-order valence-electron chi connectivity index (χ3n) is 3.70. The van der Waals surface area contributed by atoms with Crippen LogP contribution in [0, 0.1) is 5.82 Å². The maximum atomic E-state index is 13.8. The molecule has 1 aromatic rings. The summed E-state index contributed by atoms with van der Waals surface area (Å²) in [4.78, 5) is 13.5. The molecule has 1 heterocycles. The third-order valence-corrected chi connectivity index (χ3v) is 4.05. The highest BCUT2D eigenvalue weighted by molar-refractivity contribution is 6.31. The minimum atomic E-state index is -0.264. The molecule has 1 atom stereocenters. The van der Waals surface area contributed by atoms with Crippen LogP contribution >= 0.6 is 11.6 Å². The van der Waals surface area contributed by atoms with Crippen molar-refractivity contribution in [1.82, 2.24) is 4.90 Å². The molecule has 1 aliphatic rings. The van der Waals surface area contributed by atoms with Crippen molar-refractivity contribution in [3.63, 3.8) is 0 Å². The van der Waals surface area contributed by atoms with Gasteiger partial charge in [0.25, 0.3) is 0 Å². The normalized spacial score (nSPS) is 20.5. The minimum absolute atomic E-state index is 0.191. The number of carbonyl (C=O) groups excluding carboxylic acids is 1. The zero-order valence-electron chi connectivity index (χ0n) is 11.2. The van der Waals surface area contributed by atoms with Crippen LogP contribution in [0.15, 0.2) is 18.2 Å². The van der Waals surface area contributed by atoms with Crippen LogP contribution in [0.25, 0.3) is 0 Å². The monoisotopic (exact) mass is 283 g/mol. The van der Waals surface area contributed by atoms with E-state index < -0.39 is 0 Å². The number of Topliss-reactive ketones (excluding diaryl/α,β-unsaturated/α-hetero) is 1. The standard InChI is InChI=1S/C15H19ClFNO/c1-11(19)9-12-5-2-3-8-18(12)10-13-14(16)6-4-7-15(13)17/h4,6-7,12H,2-3,5,8-10H2,1H3. The quantitative estimate of drug-likeness (QED) is 0.837. The van der Waals surface area contributed by atoms with Crippen LogP contribution in [-0.2, 0) is 11.3 Å². The number of carbonyl (C=O) groups is 1. The number of hydrogen-bond acceptors (Lipinski definition) is 2. The summed E-state index contributed by atoms with van der Waals surface area (Å²) in [5.74, 6) is -0.0730. The predicted octanol–water partition coefficient (Wildman–Crippen LogP) is 3.81. The maximum absolute atomic E-state index is 13.8. The first-order chi connectivity index (χ1) is 9.08. The van der Waals surface area contributed by atoms with Gasteiger partial charge in [0, 0.05) is 29.6 Å². The van der Waals surface area contributed by atoms with E-state index in [0.717, 1.165) is 25.8 Å². The van der Waals surface area contributed by atoms with Crippen molar-refractivity contribution in [2.75, 3.05) is 6.54 Å². The summed E-state index contributed by atoms with van der Waals surface area (Å²) < 4.78 is 13.8. The maximum Gasteiger partial charge on any atom is 0.131 e. The van der Waals surface area contributed by atoms with Gasteiger partial charge in [-0.1, -0.05) is 24.1 Å². The molecule has 0 radical (unpaired) electrons. The van der Waals surface area contributed by atoms with Gasteiger partial charge in [-0.25, -0.2) is 4.39 Å². The molecule has 1 aliphatic heterocycles. The molecule has 0 saturated carbocycles. The van der Waals surface area contributed by atoms with Gasteiger partial charge < -0.3 is 0 Å². The summed E-state index contributed by atoms with van der Waals surface area (Å²) in [6.45, 7) is 3.01. The molecule has 19 heavy (non-hydrogen) atoms. The SMILES string of the molecule is CC(=O)CC1CCCCN1Cc1c(F)cccc1Cl. The van der Waals surface area contributed by atoms with Crippen molar-refractivity contribution in [2.24, 2.45) is 0 Å². The Kier molecular flexibility index (Phi) is 4.94. The Morgan fingerprint density at radius 2 is 2.26 bits per heavy atom. The highest BCUT2D eigenvalue weighted by atomic mass is 35.5. The number of likely N-dealkylation sites (tertiary alicyclic amines) is 1. The highest BCUT2D eigenvalue weighted by Gasteiger charge is 2.25.